The lowest BCUT2D eigenvalue weighted by atomic mass is 10.2. The van der Waals surface area contributed by atoms with Crippen LogP contribution >= 0.6 is 11.6 Å². The molecule has 3 heterocycles. The van der Waals surface area contributed by atoms with E-state index in [1.807, 2.05) is 6.92 Å². The molecule has 6 nitrogen and oxygen atoms in total. The smallest absolute Gasteiger partial charge is 0.259 e. The standard InChI is InChI=1S/C17H18ClN3O3/c1-2-23-16-13(4-3-7-20-16)17(22)21-9-6-12(11-21)24-15-5-8-19-10-14(15)18/h3-5,7-8,10,12H,2,6,9,11H2,1H3/t12-/m1/s1. The zero-order valence-electron chi connectivity index (χ0n) is 13.3. The lowest BCUT2D eigenvalue weighted by molar-refractivity contribution is 0.0767. The summed E-state index contributed by atoms with van der Waals surface area (Å²) in [5.41, 5.74) is 0.474. The van der Waals surface area contributed by atoms with Crippen molar-refractivity contribution in [1.82, 2.24) is 14.9 Å². The first-order valence-electron chi connectivity index (χ1n) is 7.82. The number of hydrogen-bond acceptors (Lipinski definition) is 5. The molecule has 0 bridgehead atoms. The fraction of sp³-hybridized carbons (Fsp3) is 0.353. The Morgan fingerprint density at radius 3 is 3.08 bits per heavy atom. The summed E-state index contributed by atoms with van der Waals surface area (Å²) in [5.74, 6) is 0.854. The van der Waals surface area contributed by atoms with E-state index in [-0.39, 0.29) is 12.0 Å². The van der Waals surface area contributed by atoms with Crippen LogP contribution in [-0.4, -0.2) is 46.6 Å². The number of amides is 1. The number of ether oxygens (including phenoxy) is 2. The van der Waals surface area contributed by atoms with Crippen LogP contribution in [0, 0.1) is 0 Å². The van der Waals surface area contributed by atoms with Gasteiger partial charge in [0.15, 0.2) is 0 Å². The third kappa shape index (κ3) is 3.59. The van der Waals surface area contributed by atoms with Crippen LogP contribution in [0.1, 0.15) is 23.7 Å². The number of halogens is 1. The van der Waals surface area contributed by atoms with Gasteiger partial charge in [-0.15, -0.1) is 0 Å². The van der Waals surface area contributed by atoms with Crippen molar-refractivity contribution in [3.8, 4) is 11.6 Å². The molecule has 7 heteroatoms. The second-order valence-corrected chi connectivity index (χ2v) is 5.78. The predicted molar refractivity (Wildman–Crippen MR) is 89.6 cm³/mol. The highest BCUT2D eigenvalue weighted by atomic mass is 35.5. The average molecular weight is 348 g/mol. The third-order valence-electron chi connectivity index (χ3n) is 3.74. The molecule has 24 heavy (non-hydrogen) atoms. The van der Waals surface area contributed by atoms with E-state index < -0.39 is 0 Å². The van der Waals surface area contributed by atoms with Gasteiger partial charge in [-0.1, -0.05) is 11.6 Å². The van der Waals surface area contributed by atoms with Gasteiger partial charge in [0, 0.05) is 37.6 Å². The summed E-state index contributed by atoms with van der Waals surface area (Å²) in [6.45, 7) is 3.44. The SMILES string of the molecule is CCOc1ncccc1C(=O)N1CC[C@@H](Oc2ccncc2Cl)C1. The maximum absolute atomic E-state index is 12.7. The number of rotatable bonds is 5. The maximum atomic E-state index is 12.7. The molecule has 0 saturated carbocycles. The van der Waals surface area contributed by atoms with Gasteiger partial charge >= 0.3 is 0 Å². The Morgan fingerprint density at radius 2 is 2.29 bits per heavy atom. The summed E-state index contributed by atoms with van der Waals surface area (Å²) in [7, 11) is 0. The molecular formula is C17H18ClN3O3. The van der Waals surface area contributed by atoms with Gasteiger partial charge in [-0.3, -0.25) is 9.78 Å². The lowest BCUT2D eigenvalue weighted by Crippen LogP contribution is -2.31. The monoisotopic (exact) mass is 347 g/mol. The summed E-state index contributed by atoms with van der Waals surface area (Å²) in [5, 5.41) is 0.466. The molecule has 0 radical (unpaired) electrons. The van der Waals surface area contributed by atoms with Gasteiger partial charge in [-0.25, -0.2) is 4.98 Å². The fourth-order valence-electron chi connectivity index (χ4n) is 2.62. The number of hydrogen-bond donors (Lipinski definition) is 0. The van der Waals surface area contributed by atoms with Crippen LogP contribution in [0.4, 0.5) is 0 Å². The van der Waals surface area contributed by atoms with Crippen LogP contribution in [-0.2, 0) is 0 Å². The van der Waals surface area contributed by atoms with Gasteiger partial charge in [0.05, 0.1) is 13.2 Å². The summed E-state index contributed by atoms with van der Waals surface area (Å²) in [6.07, 6.45) is 5.43. The highest BCUT2D eigenvalue weighted by Gasteiger charge is 2.30. The minimum absolute atomic E-state index is 0.0962. The van der Waals surface area contributed by atoms with E-state index in [4.69, 9.17) is 21.1 Å². The number of aromatic nitrogens is 2. The van der Waals surface area contributed by atoms with Crippen molar-refractivity contribution in [3.05, 3.63) is 47.4 Å². The molecule has 0 aliphatic carbocycles. The second kappa shape index (κ2) is 7.49. The minimum Gasteiger partial charge on any atom is -0.487 e. The predicted octanol–water partition coefficient (Wildman–Crippen LogP) is 2.82. The van der Waals surface area contributed by atoms with Crippen LogP contribution in [0.5, 0.6) is 11.6 Å². The zero-order chi connectivity index (χ0) is 16.9. The van der Waals surface area contributed by atoms with Crippen LogP contribution in [0.2, 0.25) is 5.02 Å². The third-order valence-corrected chi connectivity index (χ3v) is 4.03. The van der Waals surface area contributed by atoms with Gasteiger partial charge < -0.3 is 14.4 Å². The number of carbonyl (C=O) groups is 1. The molecule has 0 aromatic carbocycles. The summed E-state index contributed by atoms with van der Waals surface area (Å²) in [4.78, 5) is 22.5. The molecule has 1 atom stereocenters. The van der Waals surface area contributed by atoms with E-state index in [0.717, 1.165) is 6.42 Å². The van der Waals surface area contributed by atoms with E-state index in [0.29, 0.717) is 41.9 Å². The minimum atomic E-state index is -0.0986. The molecule has 1 amide bonds. The van der Waals surface area contributed by atoms with Crippen molar-refractivity contribution >= 4 is 17.5 Å². The summed E-state index contributed by atoms with van der Waals surface area (Å²) < 4.78 is 11.3. The van der Waals surface area contributed by atoms with E-state index in [1.165, 1.54) is 0 Å². The molecule has 1 saturated heterocycles. The highest BCUT2D eigenvalue weighted by Crippen LogP contribution is 2.27. The Kier molecular flexibility index (Phi) is 5.15. The Morgan fingerprint density at radius 1 is 1.42 bits per heavy atom. The number of nitrogens with zero attached hydrogens (tertiary/aromatic N) is 3. The van der Waals surface area contributed by atoms with Crippen LogP contribution in [0.25, 0.3) is 0 Å². The maximum Gasteiger partial charge on any atom is 0.259 e. The van der Waals surface area contributed by atoms with Crippen molar-refractivity contribution in [2.24, 2.45) is 0 Å². The normalized spacial score (nSPS) is 16.9. The quantitative estimate of drug-likeness (QED) is 0.832. The van der Waals surface area contributed by atoms with Crippen LogP contribution in [0.15, 0.2) is 36.8 Å². The van der Waals surface area contributed by atoms with Crippen molar-refractivity contribution < 1.29 is 14.3 Å². The highest BCUT2D eigenvalue weighted by molar-refractivity contribution is 6.31. The number of likely N-dealkylation sites (tertiary alicyclic amines) is 1. The molecule has 2 aromatic rings. The molecule has 0 spiro atoms. The molecule has 2 aromatic heterocycles. The molecule has 1 fully saturated rings. The van der Waals surface area contributed by atoms with Crippen molar-refractivity contribution in [1.29, 1.82) is 0 Å². The first-order chi connectivity index (χ1) is 11.7. The zero-order valence-corrected chi connectivity index (χ0v) is 14.1. The number of pyridine rings is 2. The number of carbonyl (C=O) groups excluding carboxylic acids is 1. The van der Waals surface area contributed by atoms with Gasteiger partial charge in [0.1, 0.15) is 22.4 Å². The molecule has 0 N–H and O–H groups in total. The van der Waals surface area contributed by atoms with Crippen LogP contribution in [0.3, 0.4) is 0 Å². The Labute approximate surface area is 145 Å². The van der Waals surface area contributed by atoms with Gasteiger partial charge in [0.25, 0.3) is 5.91 Å². The van der Waals surface area contributed by atoms with Gasteiger partial charge in [0.2, 0.25) is 5.88 Å². The summed E-state index contributed by atoms with van der Waals surface area (Å²) >= 11 is 6.06. The first-order valence-corrected chi connectivity index (χ1v) is 8.20. The summed E-state index contributed by atoms with van der Waals surface area (Å²) in [6, 6.07) is 5.19. The lowest BCUT2D eigenvalue weighted by Gasteiger charge is -2.18. The largest absolute Gasteiger partial charge is 0.487 e. The fourth-order valence-corrected chi connectivity index (χ4v) is 2.79. The molecule has 1 aliphatic heterocycles. The first kappa shape index (κ1) is 16.5. The van der Waals surface area contributed by atoms with E-state index >= 15 is 0 Å². The van der Waals surface area contributed by atoms with Crippen LogP contribution < -0.4 is 9.47 Å². The van der Waals surface area contributed by atoms with E-state index in [2.05, 4.69) is 9.97 Å². The molecular weight excluding hydrogens is 330 g/mol. The van der Waals surface area contributed by atoms with Gasteiger partial charge in [-0.2, -0.15) is 0 Å². The Bertz CT molecular complexity index is 726. The van der Waals surface area contributed by atoms with E-state index in [9.17, 15) is 4.79 Å². The Hall–Kier alpha value is -2.34. The molecule has 0 unspecified atom stereocenters. The second-order valence-electron chi connectivity index (χ2n) is 5.37. The Balaban J connectivity index is 1.67. The topological polar surface area (TPSA) is 64.5 Å². The van der Waals surface area contributed by atoms with Crippen molar-refractivity contribution in [2.45, 2.75) is 19.4 Å². The van der Waals surface area contributed by atoms with Crippen molar-refractivity contribution in [3.63, 3.8) is 0 Å². The molecule has 1 aliphatic rings. The van der Waals surface area contributed by atoms with E-state index in [1.54, 1.807) is 41.7 Å². The molecule has 3 rings (SSSR count). The van der Waals surface area contributed by atoms with Crippen molar-refractivity contribution in [2.75, 3.05) is 19.7 Å². The molecule has 126 valence electrons. The van der Waals surface area contributed by atoms with Gasteiger partial charge in [-0.05, 0) is 19.1 Å². The average Bonchev–Trinajstić information content (AvgIpc) is 3.06.